The summed E-state index contributed by atoms with van der Waals surface area (Å²) in [6.45, 7) is 6.48. The molecule has 0 aromatic carbocycles. The number of thiazole rings is 1. The molecule has 1 saturated carbocycles. The maximum atomic E-state index is 4.48. The van der Waals surface area contributed by atoms with Crippen molar-refractivity contribution < 1.29 is 0 Å². The third-order valence-electron chi connectivity index (χ3n) is 3.64. The Morgan fingerprint density at radius 1 is 1.50 bits per heavy atom. The molecule has 16 heavy (non-hydrogen) atoms. The van der Waals surface area contributed by atoms with E-state index >= 15 is 0 Å². The molecule has 0 aliphatic heterocycles. The number of hydrogen-bond donors (Lipinski definition) is 1. The minimum absolute atomic E-state index is 0.626. The van der Waals surface area contributed by atoms with Crippen LogP contribution < -0.4 is 5.32 Å². The third-order valence-corrected chi connectivity index (χ3v) is 4.60. The van der Waals surface area contributed by atoms with E-state index in [1.54, 1.807) is 11.3 Å². The second kappa shape index (κ2) is 5.28. The van der Waals surface area contributed by atoms with Gasteiger partial charge in [0.1, 0.15) is 5.01 Å². The van der Waals surface area contributed by atoms with Crippen molar-refractivity contribution in [2.75, 3.05) is 6.54 Å². The van der Waals surface area contributed by atoms with Crippen LogP contribution in [0.1, 0.15) is 49.7 Å². The van der Waals surface area contributed by atoms with Gasteiger partial charge in [0, 0.05) is 24.2 Å². The maximum Gasteiger partial charge on any atom is 0.107 e. The highest BCUT2D eigenvalue weighted by Crippen LogP contribution is 2.44. The van der Waals surface area contributed by atoms with E-state index in [-0.39, 0.29) is 0 Å². The first-order valence-electron chi connectivity index (χ1n) is 6.36. The molecule has 0 bridgehead atoms. The van der Waals surface area contributed by atoms with Crippen LogP contribution in [-0.4, -0.2) is 11.5 Å². The van der Waals surface area contributed by atoms with Crippen molar-refractivity contribution in [2.45, 2.75) is 52.5 Å². The van der Waals surface area contributed by atoms with E-state index in [1.807, 2.05) is 0 Å². The minimum atomic E-state index is 0.626. The number of hydrogen-bond acceptors (Lipinski definition) is 3. The Morgan fingerprint density at radius 3 is 2.81 bits per heavy atom. The van der Waals surface area contributed by atoms with Crippen molar-refractivity contribution in [2.24, 2.45) is 5.41 Å². The molecule has 1 fully saturated rings. The molecular weight excluding hydrogens is 216 g/mol. The van der Waals surface area contributed by atoms with Gasteiger partial charge in [0.05, 0.1) is 0 Å². The number of nitrogens with one attached hydrogen (secondary N) is 1. The minimum Gasteiger partial charge on any atom is -0.310 e. The van der Waals surface area contributed by atoms with E-state index in [0.29, 0.717) is 5.41 Å². The van der Waals surface area contributed by atoms with E-state index in [1.165, 1.54) is 43.7 Å². The van der Waals surface area contributed by atoms with Gasteiger partial charge in [-0.15, -0.1) is 11.3 Å². The lowest BCUT2D eigenvalue weighted by atomic mass is 9.66. The average Bonchev–Trinajstić information content (AvgIpc) is 2.60. The SMILES string of the molecule is CCCC1(CNCc2nc(C)cs2)CCC1. The summed E-state index contributed by atoms with van der Waals surface area (Å²) in [6, 6.07) is 0. The monoisotopic (exact) mass is 238 g/mol. The summed E-state index contributed by atoms with van der Waals surface area (Å²) in [7, 11) is 0. The Bertz CT molecular complexity index is 328. The smallest absolute Gasteiger partial charge is 0.107 e. The normalized spacial score (nSPS) is 18.4. The van der Waals surface area contributed by atoms with Gasteiger partial charge in [-0.3, -0.25) is 0 Å². The van der Waals surface area contributed by atoms with Gasteiger partial charge < -0.3 is 5.32 Å². The Kier molecular flexibility index (Phi) is 3.98. The fourth-order valence-electron chi connectivity index (χ4n) is 2.64. The Labute approximate surface area is 102 Å². The molecule has 3 heteroatoms. The van der Waals surface area contributed by atoms with Gasteiger partial charge in [-0.1, -0.05) is 19.8 Å². The highest BCUT2D eigenvalue weighted by atomic mass is 32.1. The van der Waals surface area contributed by atoms with Gasteiger partial charge in [-0.05, 0) is 31.6 Å². The molecule has 0 saturated heterocycles. The van der Waals surface area contributed by atoms with E-state index in [4.69, 9.17) is 0 Å². The summed E-state index contributed by atoms with van der Waals surface area (Å²) < 4.78 is 0. The summed E-state index contributed by atoms with van der Waals surface area (Å²) in [4.78, 5) is 4.48. The lowest BCUT2D eigenvalue weighted by molar-refractivity contribution is 0.115. The topological polar surface area (TPSA) is 24.9 Å². The van der Waals surface area contributed by atoms with Gasteiger partial charge in [0.15, 0.2) is 0 Å². The second-order valence-corrected chi connectivity index (χ2v) is 6.03. The van der Waals surface area contributed by atoms with Crippen molar-refractivity contribution >= 4 is 11.3 Å². The van der Waals surface area contributed by atoms with Crippen LogP contribution in [0.3, 0.4) is 0 Å². The molecule has 0 amide bonds. The molecule has 0 unspecified atom stereocenters. The van der Waals surface area contributed by atoms with Crippen LogP contribution in [-0.2, 0) is 6.54 Å². The summed E-state index contributed by atoms with van der Waals surface area (Å²) in [6.07, 6.45) is 6.97. The predicted molar refractivity (Wildman–Crippen MR) is 69.7 cm³/mol. The largest absolute Gasteiger partial charge is 0.310 e. The fraction of sp³-hybridized carbons (Fsp3) is 0.769. The predicted octanol–water partition coefficient (Wildman–Crippen LogP) is 3.51. The number of aryl methyl sites for hydroxylation is 1. The first-order chi connectivity index (χ1) is 7.74. The highest BCUT2D eigenvalue weighted by Gasteiger charge is 2.35. The second-order valence-electron chi connectivity index (χ2n) is 5.09. The summed E-state index contributed by atoms with van der Waals surface area (Å²) in [5.41, 5.74) is 1.77. The van der Waals surface area contributed by atoms with Crippen molar-refractivity contribution in [1.29, 1.82) is 0 Å². The van der Waals surface area contributed by atoms with Crippen LogP contribution >= 0.6 is 11.3 Å². The van der Waals surface area contributed by atoms with E-state index in [2.05, 4.69) is 29.5 Å². The molecule has 2 rings (SSSR count). The zero-order valence-corrected chi connectivity index (χ0v) is 11.2. The van der Waals surface area contributed by atoms with E-state index < -0.39 is 0 Å². The number of rotatable bonds is 6. The van der Waals surface area contributed by atoms with Gasteiger partial charge in [-0.25, -0.2) is 4.98 Å². The molecule has 1 N–H and O–H groups in total. The lowest BCUT2D eigenvalue weighted by Gasteiger charge is -2.42. The standard InChI is InChI=1S/C13H22N2S/c1-3-5-13(6-4-7-13)10-14-8-12-15-11(2)9-16-12/h9,14H,3-8,10H2,1-2H3. The first-order valence-corrected chi connectivity index (χ1v) is 7.24. The highest BCUT2D eigenvalue weighted by molar-refractivity contribution is 7.09. The van der Waals surface area contributed by atoms with Crippen LogP contribution in [0.5, 0.6) is 0 Å². The van der Waals surface area contributed by atoms with Crippen LogP contribution in [0, 0.1) is 12.3 Å². The molecule has 0 radical (unpaired) electrons. The van der Waals surface area contributed by atoms with Crippen LogP contribution in [0.4, 0.5) is 0 Å². The molecule has 1 aliphatic rings. The van der Waals surface area contributed by atoms with Gasteiger partial charge in [-0.2, -0.15) is 0 Å². The molecular formula is C13H22N2S. The van der Waals surface area contributed by atoms with E-state index in [0.717, 1.165) is 12.2 Å². The molecule has 1 heterocycles. The van der Waals surface area contributed by atoms with Gasteiger partial charge in [0.2, 0.25) is 0 Å². The molecule has 0 atom stereocenters. The molecule has 1 aliphatic carbocycles. The Hall–Kier alpha value is -0.410. The van der Waals surface area contributed by atoms with Crippen LogP contribution in [0.2, 0.25) is 0 Å². The summed E-state index contributed by atoms with van der Waals surface area (Å²) >= 11 is 1.77. The van der Waals surface area contributed by atoms with Crippen molar-refractivity contribution in [3.05, 3.63) is 16.1 Å². The quantitative estimate of drug-likeness (QED) is 0.820. The molecule has 1 aromatic heterocycles. The van der Waals surface area contributed by atoms with Crippen molar-refractivity contribution in [3.8, 4) is 0 Å². The summed E-state index contributed by atoms with van der Waals surface area (Å²) in [5, 5.41) is 6.94. The zero-order chi connectivity index (χ0) is 11.4. The molecule has 0 spiro atoms. The number of nitrogens with zero attached hydrogens (tertiary/aromatic N) is 1. The maximum absolute atomic E-state index is 4.48. The van der Waals surface area contributed by atoms with Crippen molar-refractivity contribution in [3.63, 3.8) is 0 Å². The van der Waals surface area contributed by atoms with Crippen LogP contribution in [0.25, 0.3) is 0 Å². The van der Waals surface area contributed by atoms with Crippen LogP contribution in [0.15, 0.2) is 5.38 Å². The molecule has 90 valence electrons. The van der Waals surface area contributed by atoms with Crippen molar-refractivity contribution in [1.82, 2.24) is 10.3 Å². The average molecular weight is 238 g/mol. The lowest BCUT2D eigenvalue weighted by Crippen LogP contribution is -2.39. The van der Waals surface area contributed by atoms with Gasteiger partial charge >= 0.3 is 0 Å². The molecule has 2 nitrogen and oxygen atoms in total. The third kappa shape index (κ3) is 2.83. The van der Waals surface area contributed by atoms with E-state index in [9.17, 15) is 0 Å². The summed E-state index contributed by atoms with van der Waals surface area (Å²) in [5.74, 6) is 0. The Balaban J connectivity index is 1.74. The first kappa shape index (κ1) is 12.1. The van der Waals surface area contributed by atoms with Gasteiger partial charge in [0.25, 0.3) is 0 Å². The number of aromatic nitrogens is 1. The fourth-order valence-corrected chi connectivity index (χ4v) is 3.38. The Morgan fingerprint density at radius 2 is 2.31 bits per heavy atom. The zero-order valence-electron chi connectivity index (χ0n) is 10.4. The molecule has 1 aromatic rings.